The predicted molar refractivity (Wildman–Crippen MR) is 91.1 cm³/mol. The standard InChI is InChI=1S/C16H26N4S/c1-5-19(6-2)7-8-20-12-16(11-18-20)17-10-15-9-13(3)21-14(15)4/h9,11-12,17H,5-8,10H2,1-4H3. The van der Waals surface area contributed by atoms with Crippen molar-refractivity contribution in [2.24, 2.45) is 0 Å². The Morgan fingerprint density at radius 3 is 2.67 bits per heavy atom. The predicted octanol–water partition coefficient (Wildman–Crippen LogP) is 3.52. The SMILES string of the molecule is CCN(CC)CCn1cc(NCc2cc(C)sc2C)cn1. The summed E-state index contributed by atoms with van der Waals surface area (Å²) in [5.41, 5.74) is 2.48. The molecule has 0 spiro atoms. The fraction of sp³-hybridized carbons (Fsp3) is 0.562. The number of thiophene rings is 1. The van der Waals surface area contributed by atoms with Gasteiger partial charge in [-0.3, -0.25) is 4.68 Å². The summed E-state index contributed by atoms with van der Waals surface area (Å²) in [6, 6.07) is 2.26. The molecule has 0 aliphatic rings. The summed E-state index contributed by atoms with van der Waals surface area (Å²) in [4.78, 5) is 5.18. The molecule has 0 fully saturated rings. The minimum atomic E-state index is 0.873. The average Bonchev–Trinajstić information content (AvgIpc) is 3.04. The van der Waals surface area contributed by atoms with E-state index in [2.05, 4.69) is 55.3 Å². The molecule has 1 N–H and O–H groups in total. The van der Waals surface area contributed by atoms with E-state index in [1.54, 1.807) is 0 Å². The third kappa shape index (κ3) is 4.58. The van der Waals surface area contributed by atoms with Gasteiger partial charge in [-0.25, -0.2) is 0 Å². The highest BCUT2D eigenvalue weighted by Gasteiger charge is 2.04. The number of nitrogens with one attached hydrogen (secondary N) is 1. The molecule has 116 valence electrons. The van der Waals surface area contributed by atoms with Crippen LogP contribution in [0.25, 0.3) is 0 Å². The maximum absolute atomic E-state index is 4.43. The minimum absolute atomic E-state index is 0.873. The molecule has 0 radical (unpaired) electrons. The topological polar surface area (TPSA) is 33.1 Å². The Bertz CT molecular complexity index is 554. The lowest BCUT2D eigenvalue weighted by atomic mass is 10.2. The normalized spacial score (nSPS) is 11.3. The maximum Gasteiger partial charge on any atom is 0.0729 e. The van der Waals surface area contributed by atoms with Crippen molar-refractivity contribution in [3.8, 4) is 0 Å². The second-order valence-electron chi connectivity index (χ2n) is 5.31. The van der Waals surface area contributed by atoms with E-state index >= 15 is 0 Å². The molecule has 0 unspecified atom stereocenters. The molecule has 5 heteroatoms. The van der Waals surface area contributed by atoms with Crippen LogP contribution in [-0.2, 0) is 13.1 Å². The van der Waals surface area contributed by atoms with E-state index in [0.29, 0.717) is 0 Å². The zero-order valence-electron chi connectivity index (χ0n) is 13.5. The number of hydrogen-bond acceptors (Lipinski definition) is 4. The van der Waals surface area contributed by atoms with Gasteiger partial charge < -0.3 is 10.2 Å². The molecule has 0 bridgehead atoms. The Morgan fingerprint density at radius 2 is 2.05 bits per heavy atom. The summed E-state index contributed by atoms with van der Waals surface area (Å²) in [5.74, 6) is 0. The molecular weight excluding hydrogens is 280 g/mol. The van der Waals surface area contributed by atoms with Gasteiger partial charge in [-0.1, -0.05) is 13.8 Å². The lowest BCUT2D eigenvalue weighted by molar-refractivity contribution is 0.285. The van der Waals surface area contributed by atoms with Crippen LogP contribution in [0, 0.1) is 13.8 Å². The van der Waals surface area contributed by atoms with Crippen molar-refractivity contribution in [1.82, 2.24) is 14.7 Å². The van der Waals surface area contributed by atoms with Crippen molar-refractivity contribution < 1.29 is 0 Å². The quantitative estimate of drug-likeness (QED) is 0.810. The third-order valence-electron chi connectivity index (χ3n) is 3.80. The first-order valence-electron chi connectivity index (χ1n) is 7.67. The Hall–Kier alpha value is -1.33. The fourth-order valence-electron chi connectivity index (χ4n) is 2.42. The molecule has 0 saturated heterocycles. The van der Waals surface area contributed by atoms with Crippen molar-refractivity contribution in [3.63, 3.8) is 0 Å². The fourth-order valence-corrected chi connectivity index (χ4v) is 3.36. The van der Waals surface area contributed by atoms with E-state index in [4.69, 9.17) is 0 Å². The summed E-state index contributed by atoms with van der Waals surface area (Å²) >= 11 is 1.86. The highest BCUT2D eigenvalue weighted by molar-refractivity contribution is 7.12. The van der Waals surface area contributed by atoms with Crippen molar-refractivity contribution >= 4 is 17.0 Å². The first-order chi connectivity index (χ1) is 10.1. The van der Waals surface area contributed by atoms with Crippen LogP contribution in [0.5, 0.6) is 0 Å². The zero-order chi connectivity index (χ0) is 15.2. The van der Waals surface area contributed by atoms with Crippen molar-refractivity contribution in [2.75, 3.05) is 25.0 Å². The highest BCUT2D eigenvalue weighted by atomic mass is 32.1. The first-order valence-corrected chi connectivity index (χ1v) is 8.48. The van der Waals surface area contributed by atoms with E-state index in [-0.39, 0.29) is 0 Å². The molecule has 0 saturated carbocycles. The number of nitrogens with zero attached hydrogens (tertiary/aromatic N) is 3. The van der Waals surface area contributed by atoms with Crippen LogP contribution in [0.1, 0.15) is 29.2 Å². The van der Waals surface area contributed by atoms with Gasteiger partial charge in [0, 0.05) is 29.0 Å². The van der Waals surface area contributed by atoms with Crippen LogP contribution in [0.4, 0.5) is 5.69 Å². The van der Waals surface area contributed by atoms with Crippen LogP contribution in [0.2, 0.25) is 0 Å². The molecule has 0 aliphatic heterocycles. The van der Waals surface area contributed by atoms with Crippen molar-refractivity contribution in [2.45, 2.75) is 40.8 Å². The summed E-state index contributed by atoms with van der Waals surface area (Å²) in [5, 5.41) is 7.89. The van der Waals surface area contributed by atoms with Gasteiger partial charge in [0.1, 0.15) is 0 Å². The molecule has 2 aromatic heterocycles. The van der Waals surface area contributed by atoms with Gasteiger partial charge in [-0.2, -0.15) is 5.10 Å². The van der Waals surface area contributed by atoms with E-state index in [9.17, 15) is 0 Å². The third-order valence-corrected chi connectivity index (χ3v) is 4.81. The Kier molecular flexibility index (Phi) is 5.82. The molecule has 2 heterocycles. The van der Waals surface area contributed by atoms with Crippen LogP contribution in [-0.4, -0.2) is 34.3 Å². The highest BCUT2D eigenvalue weighted by Crippen LogP contribution is 2.21. The maximum atomic E-state index is 4.43. The van der Waals surface area contributed by atoms with Gasteiger partial charge in [-0.05, 0) is 38.6 Å². The van der Waals surface area contributed by atoms with Gasteiger partial charge in [-0.15, -0.1) is 11.3 Å². The number of aromatic nitrogens is 2. The summed E-state index contributed by atoms with van der Waals surface area (Å²) < 4.78 is 2.02. The molecule has 0 aromatic carbocycles. The van der Waals surface area contributed by atoms with Gasteiger partial charge in [0.15, 0.2) is 0 Å². The van der Waals surface area contributed by atoms with Gasteiger partial charge in [0.05, 0.1) is 18.4 Å². The van der Waals surface area contributed by atoms with Gasteiger partial charge >= 0.3 is 0 Å². The zero-order valence-corrected chi connectivity index (χ0v) is 14.3. The molecule has 0 amide bonds. The monoisotopic (exact) mass is 306 g/mol. The number of likely N-dealkylation sites (N-methyl/N-ethyl adjacent to an activating group) is 1. The Morgan fingerprint density at radius 1 is 1.29 bits per heavy atom. The van der Waals surface area contributed by atoms with Crippen LogP contribution in [0.3, 0.4) is 0 Å². The number of rotatable bonds is 8. The van der Waals surface area contributed by atoms with Crippen molar-refractivity contribution in [1.29, 1.82) is 0 Å². The molecule has 0 aliphatic carbocycles. The number of aryl methyl sites for hydroxylation is 2. The summed E-state index contributed by atoms with van der Waals surface area (Å²) in [6.45, 7) is 13.8. The van der Waals surface area contributed by atoms with Crippen LogP contribution >= 0.6 is 11.3 Å². The van der Waals surface area contributed by atoms with E-state index < -0.39 is 0 Å². The lowest BCUT2D eigenvalue weighted by Gasteiger charge is -2.17. The van der Waals surface area contributed by atoms with Gasteiger partial charge in [0.2, 0.25) is 0 Å². The number of hydrogen-bond donors (Lipinski definition) is 1. The van der Waals surface area contributed by atoms with Crippen LogP contribution in [0.15, 0.2) is 18.5 Å². The summed E-state index contributed by atoms with van der Waals surface area (Å²) in [6.07, 6.45) is 4.01. The smallest absolute Gasteiger partial charge is 0.0729 e. The van der Waals surface area contributed by atoms with E-state index in [1.807, 2.05) is 22.2 Å². The molecular formula is C16H26N4S. The molecule has 0 atom stereocenters. The molecule has 2 rings (SSSR count). The summed E-state index contributed by atoms with van der Waals surface area (Å²) in [7, 11) is 0. The van der Waals surface area contributed by atoms with Gasteiger partial charge in [0.25, 0.3) is 0 Å². The second kappa shape index (κ2) is 7.61. The van der Waals surface area contributed by atoms with E-state index in [0.717, 1.165) is 38.4 Å². The van der Waals surface area contributed by atoms with E-state index in [1.165, 1.54) is 15.3 Å². The second-order valence-corrected chi connectivity index (χ2v) is 6.77. The lowest BCUT2D eigenvalue weighted by Crippen LogP contribution is -2.27. The van der Waals surface area contributed by atoms with Crippen LogP contribution < -0.4 is 5.32 Å². The minimum Gasteiger partial charge on any atom is -0.378 e. The van der Waals surface area contributed by atoms with Crippen molar-refractivity contribution in [3.05, 3.63) is 33.8 Å². The first kappa shape index (κ1) is 16.0. The molecule has 21 heavy (non-hydrogen) atoms. The molecule has 2 aromatic rings. The Labute approximate surface area is 131 Å². The Balaban J connectivity index is 1.84. The largest absolute Gasteiger partial charge is 0.378 e. The molecule has 4 nitrogen and oxygen atoms in total. The average molecular weight is 306 g/mol. The number of anilines is 1.